The second-order valence-corrected chi connectivity index (χ2v) is 6.54. The Bertz CT molecular complexity index is 629. The van der Waals surface area contributed by atoms with Crippen LogP contribution in [-0.4, -0.2) is 24.5 Å². The van der Waals surface area contributed by atoms with Crippen LogP contribution in [0.4, 0.5) is 0 Å². The fraction of sp³-hybridized carbons (Fsp3) is 0.529. The van der Waals surface area contributed by atoms with Gasteiger partial charge in [-0.1, -0.05) is 31.4 Å². The molecule has 0 bridgehead atoms. The van der Waals surface area contributed by atoms with Crippen LogP contribution in [0, 0.1) is 17.8 Å². The highest BCUT2D eigenvalue weighted by Crippen LogP contribution is 2.51. The molecule has 2 saturated carbocycles. The van der Waals surface area contributed by atoms with Gasteiger partial charge < -0.3 is 9.47 Å². The molecule has 122 valence electrons. The van der Waals surface area contributed by atoms with E-state index in [0.717, 1.165) is 6.42 Å². The second kappa shape index (κ2) is 5.76. The van der Waals surface area contributed by atoms with Crippen molar-refractivity contribution in [3.05, 3.63) is 24.3 Å². The molecule has 2 amide bonds. The zero-order chi connectivity index (χ0) is 15.8. The van der Waals surface area contributed by atoms with Gasteiger partial charge in [0.15, 0.2) is 11.5 Å². The molecule has 2 aliphatic carbocycles. The van der Waals surface area contributed by atoms with Gasteiger partial charge in [0, 0.05) is 5.92 Å². The van der Waals surface area contributed by atoms with Gasteiger partial charge in [-0.2, -0.15) is 0 Å². The molecule has 0 aromatic heterocycles. The highest BCUT2D eigenvalue weighted by Gasteiger charge is 2.49. The Hall–Kier alpha value is -2.24. The van der Waals surface area contributed by atoms with Crippen LogP contribution in [0.25, 0.3) is 0 Å². The van der Waals surface area contributed by atoms with E-state index in [-0.39, 0.29) is 18.4 Å². The van der Waals surface area contributed by atoms with Gasteiger partial charge in [0.25, 0.3) is 5.91 Å². The summed E-state index contributed by atoms with van der Waals surface area (Å²) in [5.41, 5.74) is 4.98. The van der Waals surface area contributed by atoms with Gasteiger partial charge in [0.1, 0.15) is 6.61 Å². The van der Waals surface area contributed by atoms with E-state index in [0.29, 0.717) is 23.3 Å². The number of para-hydroxylation sites is 2. The van der Waals surface area contributed by atoms with E-state index in [4.69, 9.17) is 9.47 Å². The average molecular weight is 316 g/mol. The van der Waals surface area contributed by atoms with Crippen molar-refractivity contribution in [1.82, 2.24) is 10.9 Å². The first-order valence-corrected chi connectivity index (χ1v) is 8.20. The second-order valence-electron chi connectivity index (χ2n) is 6.54. The minimum atomic E-state index is -0.758. The van der Waals surface area contributed by atoms with E-state index in [1.807, 2.05) is 12.1 Å². The number of nitrogens with one attached hydrogen (secondary N) is 2. The van der Waals surface area contributed by atoms with Crippen LogP contribution in [0.15, 0.2) is 24.3 Å². The van der Waals surface area contributed by atoms with Crippen molar-refractivity contribution < 1.29 is 19.1 Å². The number of hydrogen-bond acceptors (Lipinski definition) is 4. The Kier molecular flexibility index (Phi) is 3.59. The number of amides is 2. The number of hydrogen-bond donors (Lipinski definition) is 2. The monoisotopic (exact) mass is 316 g/mol. The normalized spacial score (nSPS) is 28.4. The molecule has 2 N–H and O–H groups in total. The maximum absolute atomic E-state index is 12.1. The lowest BCUT2D eigenvalue weighted by molar-refractivity contribution is -0.135. The van der Waals surface area contributed by atoms with Crippen molar-refractivity contribution in [2.45, 2.75) is 31.8 Å². The molecule has 0 saturated heterocycles. The van der Waals surface area contributed by atoms with Crippen LogP contribution in [0.2, 0.25) is 0 Å². The Morgan fingerprint density at radius 1 is 1.04 bits per heavy atom. The summed E-state index contributed by atoms with van der Waals surface area (Å²) in [4.78, 5) is 24.2. The summed E-state index contributed by atoms with van der Waals surface area (Å²) in [6.07, 6.45) is 3.96. The summed E-state index contributed by atoms with van der Waals surface area (Å²) in [5.74, 6) is 1.97. The van der Waals surface area contributed by atoms with Crippen molar-refractivity contribution in [2.24, 2.45) is 17.8 Å². The summed E-state index contributed by atoms with van der Waals surface area (Å²) in [6, 6.07) is 7.20. The number of rotatable bonds is 3. The molecule has 1 aliphatic heterocycles. The fourth-order valence-electron chi connectivity index (χ4n) is 3.35. The SMILES string of the molecule is O=C(NNC(=O)[C@@H]1C[C@H]1C1CCC1)[C@H]1COc2ccccc2O1. The largest absolute Gasteiger partial charge is 0.485 e. The molecule has 0 spiro atoms. The average Bonchev–Trinajstić information content (AvgIpc) is 3.30. The number of carbonyl (C=O) groups is 2. The van der Waals surface area contributed by atoms with Crippen LogP contribution in [-0.2, 0) is 9.59 Å². The summed E-state index contributed by atoms with van der Waals surface area (Å²) in [6.45, 7) is 0.132. The predicted octanol–water partition coefficient (Wildman–Crippen LogP) is 1.41. The van der Waals surface area contributed by atoms with Crippen LogP contribution >= 0.6 is 0 Å². The highest BCUT2D eigenvalue weighted by molar-refractivity contribution is 5.87. The van der Waals surface area contributed by atoms with Crippen molar-refractivity contribution in [3.8, 4) is 11.5 Å². The fourth-order valence-corrected chi connectivity index (χ4v) is 3.35. The quantitative estimate of drug-likeness (QED) is 0.827. The number of fused-ring (bicyclic) bond motifs is 1. The molecule has 6 heteroatoms. The van der Waals surface area contributed by atoms with Crippen LogP contribution in [0.5, 0.6) is 11.5 Å². The number of carbonyl (C=O) groups excluding carboxylic acids is 2. The number of hydrazine groups is 1. The van der Waals surface area contributed by atoms with Crippen molar-refractivity contribution in [2.75, 3.05) is 6.61 Å². The lowest BCUT2D eigenvalue weighted by Crippen LogP contribution is -2.51. The minimum Gasteiger partial charge on any atom is -0.485 e. The molecule has 1 heterocycles. The van der Waals surface area contributed by atoms with E-state index in [1.54, 1.807) is 12.1 Å². The van der Waals surface area contributed by atoms with Crippen molar-refractivity contribution >= 4 is 11.8 Å². The summed E-state index contributed by atoms with van der Waals surface area (Å²) in [5, 5.41) is 0. The maximum Gasteiger partial charge on any atom is 0.283 e. The van der Waals surface area contributed by atoms with Crippen LogP contribution < -0.4 is 20.3 Å². The summed E-state index contributed by atoms with van der Waals surface area (Å²) >= 11 is 0. The molecule has 3 aliphatic rings. The van der Waals surface area contributed by atoms with Crippen molar-refractivity contribution in [1.29, 1.82) is 0 Å². The smallest absolute Gasteiger partial charge is 0.283 e. The Morgan fingerprint density at radius 3 is 2.52 bits per heavy atom. The molecular weight excluding hydrogens is 296 g/mol. The van der Waals surface area contributed by atoms with E-state index < -0.39 is 12.0 Å². The molecule has 1 aromatic rings. The Balaban J connectivity index is 1.25. The molecular formula is C17H20N2O4. The van der Waals surface area contributed by atoms with Crippen LogP contribution in [0.1, 0.15) is 25.7 Å². The van der Waals surface area contributed by atoms with Gasteiger partial charge in [0.2, 0.25) is 12.0 Å². The zero-order valence-electron chi connectivity index (χ0n) is 12.8. The first kappa shape index (κ1) is 14.4. The number of benzene rings is 1. The molecule has 0 radical (unpaired) electrons. The molecule has 1 aromatic carbocycles. The van der Waals surface area contributed by atoms with Gasteiger partial charge in [-0.3, -0.25) is 20.4 Å². The lowest BCUT2D eigenvalue weighted by atomic mass is 9.81. The Morgan fingerprint density at radius 2 is 1.78 bits per heavy atom. The molecule has 2 fully saturated rings. The van der Waals surface area contributed by atoms with E-state index in [9.17, 15) is 9.59 Å². The zero-order valence-corrected chi connectivity index (χ0v) is 12.8. The maximum atomic E-state index is 12.1. The molecule has 4 rings (SSSR count). The molecule has 0 unspecified atom stereocenters. The third-order valence-electron chi connectivity index (χ3n) is 5.04. The molecule has 23 heavy (non-hydrogen) atoms. The predicted molar refractivity (Wildman–Crippen MR) is 81.6 cm³/mol. The van der Waals surface area contributed by atoms with Gasteiger partial charge in [0.05, 0.1) is 0 Å². The Labute approximate surface area is 134 Å². The van der Waals surface area contributed by atoms with Crippen LogP contribution in [0.3, 0.4) is 0 Å². The van der Waals surface area contributed by atoms with Gasteiger partial charge in [-0.25, -0.2) is 0 Å². The lowest BCUT2D eigenvalue weighted by Gasteiger charge is -2.26. The van der Waals surface area contributed by atoms with Gasteiger partial charge >= 0.3 is 0 Å². The van der Waals surface area contributed by atoms with Gasteiger partial charge in [-0.15, -0.1) is 0 Å². The highest BCUT2D eigenvalue weighted by atomic mass is 16.6. The standard InChI is InChI=1S/C17H20N2O4/c20-16(12-8-11(12)10-4-3-5-10)18-19-17(21)15-9-22-13-6-1-2-7-14(13)23-15/h1-2,6-7,10-12,15H,3-5,8-9H2,(H,18,20)(H,19,21)/t11-,12+,15+/m0/s1. The third kappa shape index (κ3) is 2.85. The molecule has 6 nitrogen and oxygen atoms in total. The third-order valence-corrected chi connectivity index (χ3v) is 5.04. The summed E-state index contributed by atoms with van der Waals surface area (Å²) in [7, 11) is 0. The topological polar surface area (TPSA) is 76.7 Å². The van der Waals surface area contributed by atoms with E-state index in [1.165, 1.54) is 19.3 Å². The summed E-state index contributed by atoms with van der Waals surface area (Å²) < 4.78 is 11.1. The van der Waals surface area contributed by atoms with Crippen molar-refractivity contribution in [3.63, 3.8) is 0 Å². The van der Waals surface area contributed by atoms with E-state index in [2.05, 4.69) is 10.9 Å². The minimum absolute atomic E-state index is 0.0600. The first-order chi connectivity index (χ1) is 11.2. The first-order valence-electron chi connectivity index (χ1n) is 8.20. The number of ether oxygens (including phenoxy) is 2. The van der Waals surface area contributed by atoms with Gasteiger partial charge in [-0.05, 0) is 30.4 Å². The van der Waals surface area contributed by atoms with E-state index >= 15 is 0 Å². The molecule has 3 atom stereocenters.